The minimum atomic E-state index is -0.190. The highest BCUT2D eigenvalue weighted by atomic mass is 32.1. The highest BCUT2D eigenvalue weighted by Gasteiger charge is 2.17. The number of hydrogen-bond acceptors (Lipinski definition) is 5. The number of aromatic nitrogens is 1. The predicted octanol–water partition coefficient (Wildman–Crippen LogP) is 2.71. The fourth-order valence-corrected chi connectivity index (χ4v) is 2.97. The van der Waals surface area contributed by atoms with Gasteiger partial charge < -0.3 is 15.5 Å². The number of nitrogens with zero attached hydrogens (tertiary/aromatic N) is 1. The first kappa shape index (κ1) is 12.7. The first-order valence-electron chi connectivity index (χ1n) is 6.10. The molecule has 0 saturated heterocycles. The minimum absolute atomic E-state index is 0.190. The van der Waals surface area contributed by atoms with E-state index in [4.69, 9.17) is 10.2 Å². The molecule has 0 aromatic carbocycles. The van der Waals surface area contributed by atoms with Crippen LogP contribution >= 0.6 is 11.3 Å². The summed E-state index contributed by atoms with van der Waals surface area (Å²) in [5.41, 5.74) is 8.33. The Labute approximate surface area is 119 Å². The second-order valence-corrected chi connectivity index (χ2v) is 5.46. The molecule has 6 heteroatoms. The number of carbonyl (C=O) groups excluding carboxylic acids is 1. The molecule has 3 rings (SSSR count). The maximum absolute atomic E-state index is 12.2. The number of rotatable bonds is 3. The van der Waals surface area contributed by atoms with Crippen molar-refractivity contribution in [2.75, 3.05) is 5.73 Å². The van der Waals surface area contributed by atoms with Crippen LogP contribution in [0, 0.1) is 6.92 Å². The molecule has 1 amide bonds. The van der Waals surface area contributed by atoms with Crippen LogP contribution in [0.2, 0.25) is 0 Å². The zero-order chi connectivity index (χ0) is 14.1. The van der Waals surface area contributed by atoms with Crippen LogP contribution in [-0.2, 0) is 6.54 Å². The lowest BCUT2D eigenvalue weighted by Crippen LogP contribution is -2.22. The number of nitrogen functional groups attached to an aromatic ring is 1. The maximum Gasteiger partial charge on any atom is 0.263 e. The van der Waals surface area contributed by atoms with Crippen LogP contribution in [0.5, 0.6) is 0 Å². The quantitative estimate of drug-likeness (QED) is 0.776. The molecule has 0 atom stereocenters. The third-order valence-electron chi connectivity index (χ3n) is 2.97. The summed E-state index contributed by atoms with van der Waals surface area (Å²) < 4.78 is 4.95. The number of thiophene rings is 1. The fourth-order valence-electron chi connectivity index (χ4n) is 1.91. The van der Waals surface area contributed by atoms with Gasteiger partial charge in [-0.15, -0.1) is 11.3 Å². The summed E-state index contributed by atoms with van der Waals surface area (Å²) >= 11 is 1.31. The van der Waals surface area contributed by atoms with Crippen molar-refractivity contribution in [3.8, 4) is 0 Å². The monoisotopic (exact) mass is 287 g/mol. The van der Waals surface area contributed by atoms with Gasteiger partial charge in [0.25, 0.3) is 5.91 Å². The lowest BCUT2D eigenvalue weighted by molar-refractivity contribution is 0.0956. The Balaban J connectivity index is 1.85. The van der Waals surface area contributed by atoms with E-state index in [-0.39, 0.29) is 5.91 Å². The highest BCUT2D eigenvalue weighted by Crippen LogP contribution is 2.32. The first-order chi connectivity index (χ1) is 9.65. The van der Waals surface area contributed by atoms with Gasteiger partial charge in [0.1, 0.15) is 9.71 Å². The van der Waals surface area contributed by atoms with Gasteiger partial charge in [0.05, 0.1) is 18.2 Å². The molecule has 0 spiro atoms. The largest absolute Gasteiger partial charge is 0.472 e. The molecule has 3 N–H and O–H groups in total. The van der Waals surface area contributed by atoms with Crippen molar-refractivity contribution in [3.63, 3.8) is 0 Å². The molecular weight excluding hydrogens is 274 g/mol. The first-order valence-corrected chi connectivity index (χ1v) is 6.91. The molecule has 0 aliphatic heterocycles. The third-order valence-corrected chi connectivity index (χ3v) is 4.09. The number of fused-ring (bicyclic) bond motifs is 1. The standard InChI is InChI=1S/C14H13N3O2S/c1-8-2-3-10-11(15)12(20-14(10)17-8)13(18)16-6-9-4-5-19-7-9/h2-5,7H,6,15H2,1H3,(H,16,18). The summed E-state index contributed by atoms with van der Waals surface area (Å²) in [4.78, 5) is 17.9. The molecule has 0 fully saturated rings. The molecule has 0 bridgehead atoms. The SMILES string of the molecule is Cc1ccc2c(N)c(C(=O)NCc3ccoc3)sc2n1. The summed E-state index contributed by atoms with van der Waals surface area (Å²) in [5.74, 6) is -0.190. The van der Waals surface area contributed by atoms with E-state index in [0.717, 1.165) is 21.5 Å². The van der Waals surface area contributed by atoms with Gasteiger partial charge in [-0.2, -0.15) is 0 Å². The summed E-state index contributed by atoms with van der Waals surface area (Å²) in [5, 5.41) is 3.65. The van der Waals surface area contributed by atoms with E-state index in [9.17, 15) is 4.79 Å². The van der Waals surface area contributed by atoms with E-state index >= 15 is 0 Å². The predicted molar refractivity (Wildman–Crippen MR) is 78.6 cm³/mol. The Morgan fingerprint density at radius 1 is 1.45 bits per heavy atom. The zero-order valence-corrected chi connectivity index (χ0v) is 11.7. The molecule has 3 aromatic rings. The van der Waals surface area contributed by atoms with Crippen molar-refractivity contribution in [3.05, 3.63) is 46.9 Å². The summed E-state index contributed by atoms with van der Waals surface area (Å²) in [6.45, 7) is 2.32. The summed E-state index contributed by atoms with van der Waals surface area (Å²) in [7, 11) is 0. The van der Waals surface area contributed by atoms with Gasteiger partial charge in [-0.05, 0) is 25.1 Å². The Hall–Kier alpha value is -2.34. The Morgan fingerprint density at radius 2 is 2.30 bits per heavy atom. The number of nitrogens with one attached hydrogen (secondary N) is 1. The van der Waals surface area contributed by atoms with Gasteiger partial charge in [0, 0.05) is 23.2 Å². The minimum Gasteiger partial charge on any atom is -0.472 e. The van der Waals surface area contributed by atoms with Gasteiger partial charge in [0.15, 0.2) is 0 Å². The van der Waals surface area contributed by atoms with Crippen LogP contribution in [0.4, 0.5) is 5.69 Å². The molecular formula is C14H13N3O2S. The fraction of sp³-hybridized carbons (Fsp3) is 0.143. The number of anilines is 1. The van der Waals surface area contributed by atoms with Crippen molar-refractivity contribution >= 4 is 33.1 Å². The van der Waals surface area contributed by atoms with Crippen molar-refractivity contribution in [1.29, 1.82) is 0 Å². The zero-order valence-electron chi connectivity index (χ0n) is 10.8. The van der Waals surface area contributed by atoms with Crippen LogP contribution in [-0.4, -0.2) is 10.9 Å². The number of hydrogen-bond donors (Lipinski definition) is 2. The van der Waals surface area contributed by atoms with E-state index in [0.29, 0.717) is 17.1 Å². The van der Waals surface area contributed by atoms with E-state index in [1.807, 2.05) is 19.1 Å². The normalized spacial score (nSPS) is 10.8. The summed E-state index contributed by atoms with van der Waals surface area (Å²) in [6, 6.07) is 5.59. The van der Waals surface area contributed by atoms with Crippen molar-refractivity contribution in [2.45, 2.75) is 13.5 Å². The molecule has 3 aromatic heterocycles. The molecule has 0 radical (unpaired) electrons. The van der Waals surface area contributed by atoms with Crippen LogP contribution in [0.25, 0.3) is 10.2 Å². The van der Waals surface area contributed by atoms with Gasteiger partial charge in [-0.1, -0.05) is 0 Å². The molecule has 20 heavy (non-hydrogen) atoms. The number of aryl methyl sites for hydroxylation is 1. The topological polar surface area (TPSA) is 81.2 Å². The van der Waals surface area contributed by atoms with E-state index in [1.165, 1.54) is 11.3 Å². The van der Waals surface area contributed by atoms with Crippen LogP contribution in [0.3, 0.4) is 0 Å². The highest BCUT2D eigenvalue weighted by molar-refractivity contribution is 7.21. The second-order valence-electron chi connectivity index (χ2n) is 4.46. The van der Waals surface area contributed by atoms with Crippen molar-refractivity contribution < 1.29 is 9.21 Å². The number of furan rings is 1. The van der Waals surface area contributed by atoms with E-state index in [2.05, 4.69) is 10.3 Å². The average molecular weight is 287 g/mol. The lowest BCUT2D eigenvalue weighted by atomic mass is 10.2. The van der Waals surface area contributed by atoms with Crippen LogP contribution in [0.15, 0.2) is 35.1 Å². The molecule has 0 aliphatic rings. The molecule has 3 heterocycles. The third kappa shape index (κ3) is 2.25. The van der Waals surface area contributed by atoms with Gasteiger partial charge >= 0.3 is 0 Å². The van der Waals surface area contributed by atoms with Crippen molar-refractivity contribution in [2.24, 2.45) is 0 Å². The van der Waals surface area contributed by atoms with Gasteiger partial charge in [-0.3, -0.25) is 4.79 Å². The molecule has 5 nitrogen and oxygen atoms in total. The smallest absolute Gasteiger partial charge is 0.263 e. The molecule has 0 unspecified atom stereocenters. The Bertz CT molecular complexity index is 762. The molecule has 0 aliphatic carbocycles. The number of amides is 1. The lowest BCUT2D eigenvalue weighted by Gasteiger charge is -2.02. The van der Waals surface area contributed by atoms with Crippen LogP contribution in [0.1, 0.15) is 20.9 Å². The van der Waals surface area contributed by atoms with Crippen molar-refractivity contribution in [1.82, 2.24) is 10.3 Å². The maximum atomic E-state index is 12.2. The van der Waals surface area contributed by atoms with Gasteiger partial charge in [0.2, 0.25) is 0 Å². The second kappa shape index (κ2) is 4.97. The molecule has 102 valence electrons. The number of nitrogens with two attached hydrogens (primary N) is 1. The summed E-state index contributed by atoms with van der Waals surface area (Å²) in [6.07, 6.45) is 3.17. The van der Waals surface area contributed by atoms with E-state index < -0.39 is 0 Å². The Kier molecular flexibility index (Phi) is 3.15. The van der Waals surface area contributed by atoms with Crippen LogP contribution < -0.4 is 11.1 Å². The van der Waals surface area contributed by atoms with E-state index in [1.54, 1.807) is 18.6 Å². The number of carbonyl (C=O) groups is 1. The molecule has 0 saturated carbocycles. The Morgan fingerprint density at radius 3 is 3.05 bits per heavy atom. The average Bonchev–Trinajstić information content (AvgIpc) is 3.04. The number of pyridine rings is 1. The van der Waals surface area contributed by atoms with Gasteiger partial charge in [-0.25, -0.2) is 4.98 Å².